The molecule has 0 atom stereocenters. The summed E-state index contributed by atoms with van der Waals surface area (Å²) in [6, 6.07) is 8.96. The van der Waals surface area contributed by atoms with Gasteiger partial charge < -0.3 is 14.8 Å². The summed E-state index contributed by atoms with van der Waals surface area (Å²) in [5.41, 5.74) is 2.67. The Labute approximate surface area is 187 Å². The molecule has 2 fully saturated rings. The normalized spacial score (nSPS) is 18.2. The minimum atomic E-state index is 0.0782. The molecule has 2 aromatic heterocycles. The Balaban J connectivity index is 1.14. The lowest BCUT2D eigenvalue weighted by molar-refractivity contribution is -0.121. The first kappa shape index (κ1) is 20.5. The first-order valence-corrected chi connectivity index (χ1v) is 12.1. The number of fused-ring (bicyclic) bond motifs is 1. The summed E-state index contributed by atoms with van der Waals surface area (Å²) in [6.07, 6.45) is 7.26. The Morgan fingerprint density at radius 2 is 1.90 bits per heavy atom. The van der Waals surface area contributed by atoms with Crippen LogP contribution in [0.2, 0.25) is 0 Å². The summed E-state index contributed by atoms with van der Waals surface area (Å²) in [5, 5.41) is 14.9. The molecular weight excluding hydrogens is 408 g/mol. The minimum Gasteiger partial charge on any atom is -0.353 e. The molecule has 1 saturated carbocycles. The molecule has 0 unspecified atom stereocenters. The molecule has 8 heteroatoms. The highest BCUT2D eigenvalue weighted by molar-refractivity contribution is 7.15. The molecular formula is C23H30N6OS. The molecule has 3 heterocycles. The average Bonchev–Trinajstić information content (AvgIpc) is 3.51. The Hall–Kier alpha value is -2.45. The summed E-state index contributed by atoms with van der Waals surface area (Å²) in [5.74, 6) is 0.0782. The molecule has 1 amide bonds. The van der Waals surface area contributed by atoms with E-state index in [1.165, 1.54) is 29.3 Å². The molecule has 31 heavy (non-hydrogen) atoms. The van der Waals surface area contributed by atoms with Crippen molar-refractivity contribution in [2.45, 2.75) is 44.7 Å². The van der Waals surface area contributed by atoms with Gasteiger partial charge in [0.05, 0.1) is 6.42 Å². The maximum absolute atomic E-state index is 12.3. The fourth-order valence-corrected chi connectivity index (χ4v) is 5.71. The van der Waals surface area contributed by atoms with Crippen LogP contribution < -0.4 is 10.2 Å². The maximum Gasteiger partial charge on any atom is 0.227 e. The van der Waals surface area contributed by atoms with E-state index >= 15 is 0 Å². The van der Waals surface area contributed by atoms with Crippen molar-refractivity contribution < 1.29 is 4.79 Å². The van der Waals surface area contributed by atoms with E-state index in [4.69, 9.17) is 0 Å². The first-order chi connectivity index (χ1) is 15.2. The number of benzene rings is 1. The topological polar surface area (TPSA) is 66.3 Å². The van der Waals surface area contributed by atoms with Gasteiger partial charge in [0.2, 0.25) is 11.0 Å². The van der Waals surface area contributed by atoms with Gasteiger partial charge in [0.1, 0.15) is 5.01 Å². The van der Waals surface area contributed by atoms with Crippen LogP contribution in [0.15, 0.2) is 30.5 Å². The highest BCUT2D eigenvalue weighted by Gasteiger charge is 2.22. The fourth-order valence-electron chi connectivity index (χ4n) is 4.82. The molecule has 1 aromatic carbocycles. The second kappa shape index (κ2) is 8.96. The van der Waals surface area contributed by atoms with Crippen molar-refractivity contribution in [1.82, 2.24) is 25.0 Å². The largest absolute Gasteiger partial charge is 0.353 e. The van der Waals surface area contributed by atoms with Gasteiger partial charge in [-0.1, -0.05) is 42.4 Å². The maximum atomic E-state index is 12.3. The number of hydrogen-bond donors (Lipinski definition) is 1. The molecule has 164 valence electrons. The number of aromatic nitrogens is 3. The molecule has 0 spiro atoms. The molecule has 1 N–H and O–H groups in total. The van der Waals surface area contributed by atoms with Crippen LogP contribution in [0.25, 0.3) is 10.9 Å². The molecule has 7 nitrogen and oxygen atoms in total. The molecule has 1 aliphatic heterocycles. The van der Waals surface area contributed by atoms with Crippen LogP contribution >= 0.6 is 11.3 Å². The summed E-state index contributed by atoms with van der Waals surface area (Å²) >= 11 is 1.56. The van der Waals surface area contributed by atoms with E-state index in [-0.39, 0.29) is 5.91 Å². The molecule has 1 aliphatic carbocycles. The van der Waals surface area contributed by atoms with E-state index in [0.717, 1.165) is 55.7 Å². The second-order valence-electron chi connectivity index (χ2n) is 8.75. The van der Waals surface area contributed by atoms with E-state index < -0.39 is 0 Å². The van der Waals surface area contributed by atoms with Crippen molar-refractivity contribution in [3.05, 3.63) is 41.0 Å². The first-order valence-electron chi connectivity index (χ1n) is 11.3. The lowest BCUT2D eigenvalue weighted by Gasteiger charge is -2.34. The van der Waals surface area contributed by atoms with Crippen molar-refractivity contribution in [3.8, 4) is 0 Å². The fraction of sp³-hybridized carbons (Fsp3) is 0.522. The second-order valence-corrected chi connectivity index (χ2v) is 9.79. The van der Waals surface area contributed by atoms with Crippen LogP contribution in [0, 0.1) is 0 Å². The number of rotatable bonds is 6. The van der Waals surface area contributed by atoms with Crippen molar-refractivity contribution in [2.24, 2.45) is 7.05 Å². The van der Waals surface area contributed by atoms with Crippen LogP contribution in [0.5, 0.6) is 0 Å². The van der Waals surface area contributed by atoms with E-state index in [0.29, 0.717) is 12.5 Å². The van der Waals surface area contributed by atoms with Crippen molar-refractivity contribution in [3.63, 3.8) is 0 Å². The zero-order chi connectivity index (χ0) is 21.2. The van der Waals surface area contributed by atoms with Crippen LogP contribution in [-0.2, 0) is 24.8 Å². The van der Waals surface area contributed by atoms with Gasteiger partial charge in [-0.25, -0.2) is 0 Å². The number of amides is 1. The van der Waals surface area contributed by atoms with Gasteiger partial charge in [-0.2, -0.15) is 0 Å². The monoisotopic (exact) mass is 438 g/mol. The predicted octanol–water partition coefficient (Wildman–Crippen LogP) is 2.95. The van der Waals surface area contributed by atoms with Crippen molar-refractivity contribution >= 4 is 33.3 Å². The van der Waals surface area contributed by atoms with Gasteiger partial charge in [-0.3, -0.25) is 9.69 Å². The van der Waals surface area contributed by atoms with Gasteiger partial charge >= 0.3 is 0 Å². The van der Waals surface area contributed by atoms with Gasteiger partial charge in [0.15, 0.2) is 0 Å². The Bertz CT molecular complexity index is 1050. The smallest absolute Gasteiger partial charge is 0.227 e. The van der Waals surface area contributed by atoms with Crippen LogP contribution in [0.3, 0.4) is 0 Å². The number of carbonyl (C=O) groups is 1. The number of piperazine rings is 1. The summed E-state index contributed by atoms with van der Waals surface area (Å²) in [4.78, 5) is 17.1. The number of para-hydroxylation sites is 1. The lowest BCUT2D eigenvalue weighted by Crippen LogP contribution is -2.45. The number of carbonyl (C=O) groups excluding carboxylic acids is 1. The molecule has 0 radical (unpaired) electrons. The van der Waals surface area contributed by atoms with Crippen LogP contribution in [0.4, 0.5) is 5.13 Å². The Morgan fingerprint density at radius 3 is 2.71 bits per heavy atom. The predicted molar refractivity (Wildman–Crippen MR) is 124 cm³/mol. The Morgan fingerprint density at radius 1 is 1.13 bits per heavy atom. The van der Waals surface area contributed by atoms with Crippen LogP contribution in [-0.4, -0.2) is 57.8 Å². The highest BCUT2D eigenvalue weighted by Crippen LogP contribution is 2.25. The van der Waals surface area contributed by atoms with Crippen LogP contribution in [0.1, 0.15) is 36.3 Å². The number of anilines is 1. The van der Waals surface area contributed by atoms with E-state index in [9.17, 15) is 4.79 Å². The van der Waals surface area contributed by atoms with E-state index in [1.54, 1.807) is 11.3 Å². The van der Waals surface area contributed by atoms with Gasteiger partial charge in [0.25, 0.3) is 0 Å². The third-order valence-electron chi connectivity index (χ3n) is 6.50. The summed E-state index contributed by atoms with van der Waals surface area (Å²) in [7, 11) is 2.12. The average molecular weight is 439 g/mol. The standard InChI is InChI=1S/C23H30N6OS/c1-27-15-17(19-8-4-5-9-20(19)27)16-28-10-12-29(13-11-28)23-26-25-22(31-23)14-21(30)24-18-6-2-3-7-18/h4-5,8-9,15,18H,2-3,6-7,10-14,16H2,1H3,(H,24,30). The van der Waals surface area contributed by atoms with Crippen molar-refractivity contribution in [1.29, 1.82) is 0 Å². The Kier molecular flexibility index (Phi) is 5.91. The summed E-state index contributed by atoms with van der Waals surface area (Å²) < 4.78 is 2.21. The third kappa shape index (κ3) is 4.60. The van der Waals surface area contributed by atoms with Gasteiger partial charge in [-0.05, 0) is 24.5 Å². The van der Waals surface area contributed by atoms with Crippen molar-refractivity contribution in [2.75, 3.05) is 31.1 Å². The quantitative estimate of drug-likeness (QED) is 0.641. The zero-order valence-corrected chi connectivity index (χ0v) is 18.9. The lowest BCUT2D eigenvalue weighted by atomic mass is 10.1. The molecule has 5 rings (SSSR count). The minimum absolute atomic E-state index is 0.0782. The molecule has 3 aromatic rings. The number of nitrogens with zero attached hydrogens (tertiary/aromatic N) is 5. The van der Waals surface area contributed by atoms with E-state index in [1.807, 2.05) is 0 Å². The number of aryl methyl sites for hydroxylation is 1. The third-order valence-corrected chi connectivity index (χ3v) is 7.49. The summed E-state index contributed by atoms with van der Waals surface area (Å²) in [6.45, 7) is 4.85. The molecule has 1 saturated heterocycles. The molecule has 2 aliphatic rings. The van der Waals surface area contributed by atoms with Gasteiger partial charge in [0, 0.05) is 62.9 Å². The SMILES string of the molecule is Cn1cc(CN2CCN(c3nnc(CC(=O)NC4CCCC4)s3)CC2)c2ccccc21. The van der Waals surface area contributed by atoms with E-state index in [2.05, 4.69) is 67.4 Å². The molecule has 0 bridgehead atoms. The zero-order valence-electron chi connectivity index (χ0n) is 18.1. The highest BCUT2D eigenvalue weighted by atomic mass is 32.1. The van der Waals surface area contributed by atoms with Gasteiger partial charge in [-0.15, -0.1) is 10.2 Å². The number of hydrogen-bond acceptors (Lipinski definition) is 6. The number of nitrogens with one attached hydrogen (secondary N) is 1.